The van der Waals surface area contributed by atoms with E-state index in [0.717, 1.165) is 16.5 Å². The lowest BCUT2D eigenvalue weighted by Gasteiger charge is -2.01. The third-order valence-electron chi connectivity index (χ3n) is 2.96. The summed E-state index contributed by atoms with van der Waals surface area (Å²) in [6.45, 7) is 1.85. The summed E-state index contributed by atoms with van der Waals surface area (Å²) in [5.41, 5.74) is 0.821. The fourth-order valence-electron chi connectivity index (χ4n) is 2.00. The van der Waals surface area contributed by atoms with Gasteiger partial charge in [-0.25, -0.2) is 0 Å². The zero-order chi connectivity index (χ0) is 14.7. The summed E-state index contributed by atoms with van der Waals surface area (Å²) in [6, 6.07) is 5.76. The minimum absolute atomic E-state index is 0.0556. The first-order chi connectivity index (χ1) is 10.2. The van der Waals surface area contributed by atoms with Crippen LogP contribution in [0.25, 0.3) is 5.65 Å². The molecule has 0 fully saturated rings. The number of aromatic nitrogens is 5. The van der Waals surface area contributed by atoms with Crippen molar-refractivity contribution in [1.82, 2.24) is 24.8 Å². The first kappa shape index (κ1) is 13.6. The Morgan fingerprint density at radius 3 is 3.00 bits per heavy atom. The van der Waals surface area contributed by atoms with Gasteiger partial charge in [0.25, 0.3) is 0 Å². The standard InChI is InChI=1S/C13H14N6OS/c1-9-15-18-13(21-9)14-12(20)7-4-6-11-17-16-10-5-2-3-8-19(10)11/h2-3,5,8H,4,6-7H2,1H3,(H,14,18,20). The maximum atomic E-state index is 11.8. The van der Waals surface area contributed by atoms with Gasteiger partial charge in [0.05, 0.1) is 0 Å². The van der Waals surface area contributed by atoms with Crippen LogP contribution in [-0.2, 0) is 11.2 Å². The largest absolute Gasteiger partial charge is 0.301 e. The molecule has 0 aliphatic rings. The SMILES string of the molecule is Cc1nnc(NC(=O)CCCc2nnc3ccccn23)s1. The number of rotatable bonds is 5. The highest BCUT2D eigenvalue weighted by Crippen LogP contribution is 2.14. The van der Waals surface area contributed by atoms with Crippen molar-refractivity contribution < 1.29 is 4.79 Å². The zero-order valence-electron chi connectivity index (χ0n) is 11.5. The van der Waals surface area contributed by atoms with Crippen molar-refractivity contribution in [3.05, 3.63) is 35.2 Å². The molecule has 0 atom stereocenters. The topological polar surface area (TPSA) is 85.1 Å². The molecule has 0 saturated carbocycles. The highest BCUT2D eigenvalue weighted by molar-refractivity contribution is 7.15. The molecule has 3 aromatic rings. The maximum absolute atomic E-state index is 11.8. The quantitative estimate of drug-likeness (QED) is 0.777. The van der Waals surface area contributed by atoms with Crippen LogP contribution in [-0.4, -0.2) is 30.7 Å². The van der Waals surface area contributed by atoms with Gasteiger partial charge < -0.3 is 5.32 Å². The number of fused-ring (bicyclic) bond motifs is 1. The third kappa shape index (κ3) is 3.22. The normalized spacial score (nSPS) is 10.9. The summed E-state index contributed by atoms with van der Waals surface area (Å²) in [5.74, 6) is 0.810. The molecular weight excluding hydrogens is 288 g/mol. The van der Waals surface area contributed by atoms with Gasteiger partial charge >= 0.3 is 0 Å². The number of aryl methyl sites for hydroxylation is 2. The fourth-order valence-corrected chi connectivity index (χ4v) is 2.61. The van der Waals surface area contributed by atoms with Crippen LogP contribution in [0.1, 0.15) is 23.7 Å². The molecule has 3 aromatic heterocycles. The van der Waals surface area contributed by atoms with Gasteiger partial charge in [-0.1, -0.05) is 17.4 Å². The second-order valence-corrected chi connectivity index (χ2v) is 5.75. The zero-order valence-corrected chi connectivity index (χ0v) is 12.3. The Bertz CT molecular complexity index is 765. The Kier molecular flexibility index (Phi) is 3.87. The van der Waals surface area contributed by atoms with E-state index in [1.54, 1.807) is 0 Å². The number of carbonyl (C=O) groups is 1. The minimum Gasteiger partial charge on any atom is -0.301 e. The summed E-state index contributed by atoms with van der Waals surface area (Å²) < 4.78 is 1.94. The molecule has 21 heavy (non-hydrogen) atoms. The van der Waals surface area contributed by atoms with Crippen molar-refractivity contribution in [2.24, 2.45) is 0 Å². The average Bonchev–Trinajstić information content (AvgIpc) is 3.06. The summed E-state index contributed by atoms with van der Waals surface area (Å²) in [5, 5.41) is 20.1. The summed E-state index contributed by atoms with van der Waals surface area (Å²) in [4.78, 5) is 11.8. The van der Waals surface area contributed by atoms with E-state index >= 15 is 0 Å². The van der Waals surface area contributed by atoms with Crippen LogP contribution in [0.3, 0.4) is 0 Å². The van der Waals surface area contributed by atoms with Gasteiger partial charge in [0.1, 0.15) is 10.8 Å². The van der Waals surface area contributed by atoms with Gasteiger partial charge in [-0.05, 0) is 25.5 Å². The van der Waals surface area contributed by atoms with Crippen LogP contribution in [0.4, 0.5) is 5.13 Å². The predicted molar refractivity (Wildman–Crippen MR) is 79.2 cm³/mol. The van der Waals surface area contributed by atoms with E-state index in [2.05, 4.69) is 25.7 Å². The molecular formula is C13H14N6OS. The van der Waals surface area contributed by atoms with E-state index in [0.29, 0.717) is 24.4 Å². The number of nitrogens with zero attached hydrogens (tertiary/aromatic N) is 5. The van der Waals surface area contributed by atoms with E-state index in [1.165, 1.54) is 11.3 Å². The summed E-state index contributed by atoms with van der Waals surface area (Å²) in [7, 11) is 0. The number of amides is 1. The molecule has 0 spiro atoms. The lowest BCUT2D eigenvalue weighted by Crippen LogP contribution is -2.11. The number of hydrogen-bond acceptors (Lipinski definition) is 6. The fraction of sp³-hybridized carbons (Fsp3) is 0.308. The highest BCUT2D eigenvalue weighted by atomic mass is 32.1. The van der Waals surface area contributed by atoms with Crippen molar-refractivity contribution in [3.63, 3.8) is 0 Å². The minimum atomic E-state index is -0.0556. The molecule has 0 radical (unpaired) electrons. The molecule has 0 bridgehead atoms. The Morgan fingerprint density at radius 2 is 2.19 bits per heavy atom. The molecule has 0 unspecified atom stereocenters. The van der Waals surface area contributed by atoms with Gasteiger partial charge in [0.15, 0.2) is 5.65 Å². The molecule has 1 amide bonds. The van der Waals surface area contributed by atoms with Crippen molar-refractivity contribution >= 4 is 28.0 Å². The van der Waals surface area contributed by atoms with Crippen LogP contribution in [0.2, 0.25) is 0 Å². The van der Waals surface area contributed by atoms with Crippen molar-refractivity contribution in [2.75, 3.05) is 5.32 Å². The Hall–Kier alpha value is -2.35. The summed E-state index contributed by atoms with van der Waals surface area (Å²) in [6.07, 6.45) is 3.75. The van der Waals surface area contributed by atoms with Crippen LogP contribution in [0.5, 0.6) is 0 Å². The Labute approximate surface area is 125 Å². The monoisotopic (exact) mass is 302 g/mol. The van der Waals surface area contributed by atoms with E-state index in [-0.39, 0.29) is 5.91 Å². The highest BCUT2D eigenvalue weighted by Gasteiger charge is 2.08. The molecule has 8 heteroatoms. The lowest BCUT2D eigenvalue weighted by atomic mass is 10.2. The molecule has 7 nitrogen and oxygen atoms in total. The second kappa shape index (κ2) is 5.96. The summed E-state index contributed by atoms with van der Waals surface area (Å²) >= 11 is 1.37. The molecule has 1 N–H and O–H groups in total. The number of anilines is 1. The smallest absolute Gasteiger partial charge is 0.226 e. The number of pyridine rings is 1. The van der Waals surface area contributed by atoms with Crippen LogP contribution < -0.4 is 5.32 Å². The third-order valence-corrected chi connectivity index (χ3v) is 3.72. The maximum Gasteiger partial charge on any atom is 0.226 e. The van der Waals surface area contributed by atoms with Gasteiger partial charge in [0, 0.05) is 19.0 Å². The van der Waals surface area contributed by atoms with Gasteiger partial charge in [-0.2, -0.15) is 0 Å². The van der Waals surface area contributed by atoms with E-state index < -0.39 is 0 Å². The lowest BCUT2D eigenvalue weighted by molar-refractivity contribution is -0.116. The predicted octanol–water partition coefficient (Wildman–Crippen LogP) is 1.85. The number of nitrogens with one attached hydrogen (secondary N) is 1. The van der Waals surface area contributed by atoms with E-state index in [1.807, 2.05) is 35.7 Å². The van der Waals surface area contributed by atoms with Gasteiger partial charge in [-0.3, -0.25) is 9.20 Å². The first-order valence-electron chi connectivity index (χ1n) is 6.61. The van der Waals surface area contributed by atoms with Crippen molar-refractivity contribution in [2.45, 2.75) is 26.2 Å². The Balaban J connectivity index is 1.53. The van der Waals surface area contributed by atoms with Crippen molar-refractivity contribution in [3.8, 4) is 0 Å². The second-order valence-electron chi connectivity index (χ2n) is 4.57. The van der Waals surface area contributed by atoms with Gasteiger partial charge in [-0.15, -0.1) is 20.4 Å². The Morgan fingerprint density at radius 1 is 1.29 bits per heavy atom. The molecule has 3 heterocycles. The van der Waals surface area contributed by atoms with Crippen LogP contribution in [0.15, 0.2) is 24.4 Å². The van der Waals surface area contributed by atoms with E-state index in [4.69, 9.17) is 0 Å². The molecule has 0 saturated heterocycles. The van der Waals surface area contributed by atoms with Crippen LogP contribution in [0, 0.1) is 6.92 Å². The molecule has 0 aromatic carbocycles. The van der Waals surface area contributed by atoms with Gasteiger partial charge in [0.2, 0.25) is 11.0 Å². The molecule has 0 aliphatic carbocycles. The average molecular weight is 302 g/mol. The molecule has 3 rings (SSSR count). The molecule has 108 valence electrons. The van der Waals surface area contributed by atoms with E-state index in [9.17, 15) is 4.79 Å². The molecule has 0 aliphatic heterocycles. The number of carbonyl (C=O) groups excluding carboxylic acids is 1. The van der Waals surface area contributed by atoms with Crippen molar-refractivity contribution in [1.29, 1.82) is 0 Å². The van der Waals surface area contributed by atoms with Crippen LogP contribution >= 0.6 is 11.3 Å². The first-order valence-corrected chi connectivity index (χ1v) is 7.42. The number of hydrogen-bond donors (Lipinski definition) is 1.